The van der Waals surface area contributed by atoms with Gasteiger partial charge in [-0.05, 0) is 46.8 Å². The maximum Gasteiger partial charge on any atom is 0.261 e. The zero-order valence-electron chi connectivity index (χ0n) is 16.6. The number of fused-ring (bicyclic) bond motifs is 1. The molecule has 2 heterocycles. The van der Waals surface area contributed by atoms with Gasteiger partial charge in [0.25, 0.3) is 5.56 Å². The number of hydrogen-bond acceptors (Lipinski definition) is 5. The number of para-hydroxylation sites is 1. The molecule has 2 atom stereocenters. The molecule has 1 N–H and O–H groups in total. The first kappa shape index (κ1) is 20.1. The molecule has 0 fully saturated rings. The molecular weight excluding hydrogens is 396 g/mol. The van der Waals surface area contributed by atoms with Gasteiger partial charge in [-0.2, -0.15) is 0 Å². The monoisotopic (exact) mass is 418 g/mol. The standard InChI is InChI=1S/C24H22N2O3S/c1-16(22-8-5-13-30-22)20(23(27)17-9-11-18(29-2)12-10-17)14-26-15-25-21-7-4-3-6-19(21)24(26)28/h3-13,15,20,23,27H,1,14H2,2H3. The lowest BCUT2D eigenvalue weighted by Crippen LogP contribution is -2.28. The maximum absolute atomic E-state index is 13.0. The van der Waals surface area contributed by atoms with Gasteiger partial charge >= 0.3 is 0 Å². The fourth-order valence-corrected chi connectivity index (χ4v) is 4.29. The van der Waals surface area contributed by atoms with E-state index in [9.17, 15) is 9.90 Å². The summed E-state index contributed by atoms with van der Waals surface area (Å²) < 4.78 is 6.77. The molecule has 2 aromatic carbocycles. The van der Waals surface area contributed by atoms with E-state index in [0.717, 1.165) is 21.8 Å². The summed E-state index contributed by atoms with van der Waals surface area (Å²) in [6, 6.07) is 18.5. The van der Waals surface area contributed by atoms with Gasteiger partial charge < -0.3 is 9.84 Å². The quantitative estimate of drug-likeness (QED) is 0.479. The number of aromatic nitrogens is 2. The molecule has 30 heavy (non-hydrogen) atoms. The van der Waals surface area contributed by atoms with Crippen molar-refractivity contribution in [2.45, 2.75) is 12.6 Å². The molecule has 5 nitrogen and oxygen atoms in total. The van der Waals surface area contributed by atoms with Gasteiger partial charge in [-0.1, -0.05) is 36.9 Å². The van der Waals surface area contributed by atoms with E-state index < -0.39 is 12.0 Å². The number of thiophene rings is 1. The Morgan fingerprint density at radius 2 is 1.93 bits per heavy atom. The van der Waals surface area contributed by atoms with Gasteiger partial charge in [0, 0.05) is 17.3 Å². The zero-order valence-corrected chi connectivity index (χ0v) is 17.4. The summed E-state index contributed by atoms with van der Waals surface area (Å²) in [6.45, 7) is 4.52. The molecule has 4 rings (SSSR count). The van der Waals surface area contributed by atoms with Crippen LogP contribution < -0.4 is 10.3 Å². The summed E-state index contributed by atoms with van der Waals surface area (Å²) >= 11 is 1.56. The van der Waals surface area contributed by atoms with Crippen molar-refractivity contribution in [1.29, 1.82) is 0 Å². The molecule has 0 aliphatic rings. The van der Waals surface area contributed by atoms with E-state index in [0.29, 0.717) is 10.9 Å². The Bertz CT molecular complexity index is 1210. The van der Waals surface area contributed by atoms with Gasteiger partial charge in [0.05, 0.1) is 30.4 Å². The van der Waals surface area contributed by atoms with Crippen LogP contribution in [-0.4, -0.2) is 21.8 Å². The minimum absolute atomic E-state index is 0.133. The normalized spacial score (nSPS) is 13.1. The number of ether oxygens (including phenoxy) is 1. The first-order valence-corrected chi connectivity index (χ1v) is 10.5. The zero-order chi connectivity index (χ0) is 21.1. The van der Waals surface area contributed by atoms with Crippen LogP contribution in [0.15, 0.2) is 83.7 Å². The van der Waals surface area contributed by atoms with Crippen LogP contribution in [0.1, 0.15) is 16.5 Å². The van der Waals surface area contributed by atoms with Crippen LogP contribution in [0.25, 0.3) is 16.5 Å². The average Bonchev–Trinajstić information content (AvgIpc) is 3.33. The van der Waals surface area contributed by atoms with Crippen molar-refractivity contribution in [2.24, 2.45) is 5.92 Å². The lowest BCUT2D eigenvalue weighted by Gasteiger charge is -2.26. The Hall–Kier alpha value is -3.22. The van der Waals surface area contributed by atoms with Gasteiger partial charge in [0.2, 0.25) is 0 Å². The summed E-state index contributed by atoms with van der Waals surface area (Å²) in [5, 5.41) is 13.8. The second-order valence-electron chi connectivity index (χ2n) is 7.05. The van der Waals surface area contributed by atoms with Crippen LogP contribution in [0.2, 0.25) is 0 Å². The molecule has 0 saturated heterocycles. The summed E-state index contributed by atoms with van der Waals surface area (Å²) in [5.74, 6) is 0.312. The molecule has 0 spiro atoms. The van der Waals surface area contributed by atoms with E-state index in [-0.39, 0.29) is 12.1 Å². The smallest absolute Gasteiger partial charge is 0.261 e. The number of rotatable bonds is 7. The highest BCUT2D eigenvalue weighted by Crippen LogP contribution is 2.36. The van der Waals surface area contributed by atoms with Crippen molar-refractivity contribution in [3.8, 4) is 5.75 Å². The number of hydrogen-bond donors (Lipinski definition) is 1. The van der Waals surface area contributed by atoms with Crippen molar-refractivity contribution in [1.82, 2.24) is 9.55 Å². The van der Waals surface area contributed by atoms with Gasteiger partial charge in [-0.25, -0.2) is 4.98 Å². The molecule has 0 aliphatic carbocycles. The van der Waals surface area contributed by atoms with Crippen LogP contribution in [0.3, 0.4) is 0 Å². The second-order valence-corrected chi connectivity index (χ2v) is 7.99. The number of nitrogens with zero attached hydrogens (tertiary/aromatic N) is 2. The summed E-state index contributed by atoms with van der Waals surface area (Å²) in [5.41, 5.74) is 2.04. The third kappa shape index (κ3) is 3.92. The molecule has 0 amide bonds. The highest BCUT2D eigenvalue weighted by molar-refractivity contribution is 7.11. The van der Waals surface area contributed by atoms with E-state index in [1.807, 2.05) is 60.0 Å². The first-order chi connectivity index (χ1) is 14.6. The largest absolute Gasteiger partial charge is 0.497 e. The summed E-state index contributed by atoms with van der Waals surface area (Å²) in [6.07, 6.45) is 0.698. The van der Waals surface area contributed by atoms with Crippen molar-refractivity contribution >= 4 is 27.8 Å². The van der Waals surface area contributed by atoms with Crippen molar-refractivity contribution in [2.75, 3.05) is 7.11 Å². The van der Waals surface area contributed by atoms with E-state index >= 15 is 0 Å². The van der Waals surface area contributed by atoms with E-state index in [1.54, 1.807) is 35.4 Å². The van der Waals surface area contributed by atoms with Gasteiger partial charge in [0.15, 0.2) is 0 Å². The minimum Gasteiger partial charge on any atom is -0.497 e. The fourth-order valence-electron chi connectivity index (χ4n) is 3.53. The number of methoxy groups -OCH3 is 1. The first-order valence-electron chi connectivity index (χ1n) is 9.57. The van der Waals surface area contributed by atoms with E-state index in [4.69, 9.17) is 4.74 Å². The molecule has 0 bridgehead atoms. The highest BCUT2D eigenvalue weighted by atomic mass is 32.1. The molecular formula is C24H22N2O3S. The SMILES string of the molecule is C=C(c1cccs1)C(Cn1cnc2ccccc2c1=O)C(O)c1ccc(OC)cc1. The molecule has 152 valence electrons. The lowest BCUT2D eigenvalue weighted by atomic mass is 9.88. The van der Waals surface area contributed by atoms with Gasteiger partial charge in [0.1, 0.15) is 5.75 Å². The van der Waals surface area contributed by atoms with Crippen LogP contribution in [-0.2, 0) is 6.54 Å². The molecule has 2 aromatic heterocycles. The van der Waals surface area contributed by atoms with Crippen LogP contribution in [0.4, 0.5) is 0 Å². The van der Waals surface area contributed by atoms with Crippen molar-refractivity contribution < 1.29 is 9.84 Å². The van der Waals surface area contributed by atoms with E-state index in [1.165, 1.54) is 0 Å². The molecule has 0 saturated carbocycles. The van der Waals surface area contributed by atoms with Crippen molar-refractivity contribution in [3.05, 3.63) is 99.7 Å². The van der Waals surface area contributed by atoms with Crippen LogP contribution >= 0.6 is 11.3 Å². The summed E-state index contributed by atoms with van der Waals surface area (Å²) in [7, 11) is 1.60. The highest BCUT2D eigenvalue weighted by Gasteiger charge is 2.26. The Kier molecular flexibility index (Phi) is 5.79. The Morgan fingerprint density at radius 1 is 1.17 bits per heavy atom. The molecule has 4 aromatic rings. The van der Waals surface area contributed by atoms with E-state index in [2.05, 4.69) is 11.6 Å². The fraction of sp³-hybridized carbons (Fsp3) is 0.167. The maximum atomic E-state index is 13.0. The van der Waals surface area contributed by atoms with Crippen LogP contribution in [0.5, 0.6) is 5.75 Å². The Morgan fingerprint density at radius 3 is 2.63 bits per heavy atom. The van der Waals surface area contributed by atoms with Crippen molar-refractivity contribution in [3.63, 3.8) is 0 Å². The third-order valence-electron chi connectivity index (χ3n) is 5.25. The third-order valence-corrected chi connectivity index (χ3v) is 6.19. The molecule has 6 heteroatoms. The number of aliphatic hydroxyl groups excluding tert-OH is 1. The minimum atomic E-state index is -0.844. The topological polar surface area (TPSA) is 64.4 Å². The number of aliphatic hydroxyl groups is 1. The molecule has 0 radical (unpaired) electrons. The molecule has 0 aliphatic heterocycles. The average molecular weight is 419 g/mol. The number of benzene rings is 2. The predicted molar refractivity (Wildman–Crippen MR) is 121 cm³/mol. The van der Waals surface area contributed by atoms with Gasteiger partial charge in [-0.15, -0.1) is 11.3 Å². The lowest BCUT2D eigenvalue weighted by molar-refractivity contribution is 0.126. The molecule has 2 unspecified atom stereocenters. The second kappa shape index (κ2) is 8.65. The van der Waals surface area contributed by atoms with Crippen LogP contribution in [0, 0.1) is 5.92 Å². The predicted octanol–water partition coefficient (Wildman–Crippen LogP) is 4.53. The Balaban J connectivity index is 1.73. The Labute approximate surface area is 178 Å². The summed E-state index contributed by atoms with van der Waals surface area (Å²) in [4.78, 5) is 18.4. The van der Waals surface area contributed by atoms with Gasteiger partial charge in [-0.3, -0.25) is 9.36 Å².